The van der Waals surface area contributed by atoms with Crippen LogP contribution in [0.4, 0.5) is 5.82 Å². The summed E-state index contributed by atoms with van der Waals surface area (Å²) >= 11 is 0. The number of rotatable bonds is 7. The molecule has 35 heavy (non-hydrogen) atoms. The molecule has 7 heteroatoms. The maximum atomic E-state index is 13.1. The Morgan fingerprint density at radius 1 is 1.06 bits per heavy atom. The van der Waals surface area contributed by atoms with Crippen molar-refractivity contribution >= 4 is 34.4 Å². The summed E-state index contributed by atoms with van der Waals surface area (Å²) in [5.41, 5.74) is 2.51. The first-order valence-electron chi connectivity index (χ1n) is 12.2. The van der Waals surface area contributed by atoms with Gasteiger partial charge in [0.05, 0.1) is 6.61 Å². The van der Waals surface area contributed by atoms with Crippen molar-refractivity contribution in [1.29, 1.82) is 0 Å². The zero-order valence-corrected chi connectivity index (χ0v) is 20.0. The van der Waals surface area contributed by atoms with Gasteiger partial charge in [-0.05, 0) is 92.3 Å². The highest BCUT2D eigenvalue weighted by Crippen LogP contribution is 2.34. The zero-order valence-electron chi connectivity index (χ0n) is 20.0. The third-order valence-corrected chi connectivity index (χ3v) is 6.96. The smallest absolute Gasteiger partial charge is 0.331 e. The van der Waals surface area contributed by atoms with Crippen LogP contribution in [0.15, 0.2) is 48.7 Å². The number of carbonyl (C=O) groups is 3. The summed E-state index contributed by atoms with van der Waals surface area (Å²) < 4.78 is 5.20. The number of ether oxygens (including phenoxy) is 1. The van der Waals surface area contributed by atoms with E-state index in [1.54, 1.807) is 19.2 Å². The second-order valence-electron chi connectivity index (χ2n) is 9.53. The predicted molar refractivity (Wildman–Crippen MR) is 134 cm³/mol. The number of carbonyl (C=O) groups excluding carboxylic acids is 3. The standard InChI is InChI=1S/C28H29N3O4/c1-3-35-27(34)28(11-4-12-28)31-26(33)21-6-5-17(2)23(14-21)20-10-9-19-15-24(29-16-22(19)13-20)30-25(32)18-7-8-18/h5-6,9-10,13-16,18H,3-4,7-8,11-12H2,1-2H3,(H,31,33)(H,29,30,32). The van der Waals surface area contributed by atoms with Crippen molar-refractivity contribution in [3.63, 3.8) is 0 Å². The summed E-state index contributed by atoms with van der Waals surface area (Å²) in [6.45, 7) is 4.06. The highest BCUT2D eigenvalue weighted by Gasteiger charge is 2.47. The number of esters is 1. The van der Waals surface area contributed by atoms with Crippen molar-refractivity contribution in [2.75, 3.05) is 11.9 Å². The van der Waals surface area contributed by atoms with E-state index in [1.165, 1.54) is 0 Å². The van der Waals surface area contributed by atoms with Gasteiger partial charge in [-0.15, -0.1) is 0 Å². The maximum Gasteiger partial charge on any atom is 0.331 e. The van der Waals surface area contributed by atoms with Gasteiger partial charge in [0.25, 0.3) is 5.91 Å². The van der Waals surface area contributed by atoms with Crippen molar-refractivity contribution in [1.82, 2.24) is 10.3 Å². The van der Waals surface area contributed by atoms with Gasteiger partial charge < -0.3 is 15.4 Å². The molecule has 0 spiro atoms. The second-order valence-corrected chi connectivity index (χ2v) is 9.53. The molecule has 2 saturated carbocycles. The average molecular weight is 472 g/mol. The Labute approximate surface area is 204 Å². The van der Waals surface area contributed by atoms with Crippen molar-refractivity contribution < 1.29 is 19.1 Å². The average Bonchev–Trinajstić information content (AvgIpc) is 3.67. The van der Waals surface area contributed by atoms with Crippen LogP contribution >= 0.6 is 0 Å². The Balaban J connectivity index is 1.38. The third-order valence-electron chi connectivity index (χ3n) is 6.96. The number of nitrogens with one attached hydrogen (secondary N) is 2. The van der Waals surface area contributed by atoms with Crippen LogP contribution in [-0.4, -0.2) is 34.9 Å². The van der Waals surface area contributed by atoms with Crippen LogP contribution in [0.25, 0.3) is 21.9 Å². The summed E-state index contributed by atoms with van der Waals surface area (Å²) in [7, 11) is 0. The summed E-state index contributed by atoms with van der Waals surface area (Å²) in [5, 5.41) is 7.74. The van der Waals surface area contributed by atoms with Crippen LogP contribution in [-0.2, 0) is 14.3 Å². The van der Waals surface area contributed by atoms with Crippen LogP contribution in [0.1, 0.15) is 54.9 Å². The van der Waals surface area contributed by atoms with E-state index in [1.807, 2.05) is 43.3 Å². The molecule has 1 aromatic heterocycles. The molecule has 180 valence electrons. The topological polar surface area (TPSA) is 97.4 Å². The number of benzene rings is 2. The van der Waals surface area contributed by atoms with E-state index in [-0.39, 0.29) is 30.3 Å². The first-order valence-corrected chi connectivity index (χ1v) is 12.2. The molecule has 2 N–H and O–H groups in total. The van der Waals surface area contributed by atoms with Crippen molar-refractivity contribution in [2.24, 2.45) is 5.92 Å². The highest BCUT2D eigenvalue weighted by molar-refractivity contribution is 6.00. The monoisotopic (exact) mass is 471 g/mol. The van der Waals surface area contributed by atoms with Crippen molar-refractivity contribution in [3.8, 4) is 11.1 Å². The largest absolute Gasteiger partial charge is 0.464 e. The van der Waals surface area contributed by atoms with Gasteiger partial charge in [-0.25, -0.2) is 9.78 Å². The fourth-order valence-electron chi connectivity index (χ4n) is 4.49. The van der Waals surface area contributed by atoms with Gasteiger partial charge in [0.1, 0.15) is 11.4 Å². The lowest BCUT2D eigenvalue weighted by Crippen LogP contribution is -2.59. The molecule has 2 aliphatic carbocycles. The number of nitrogens with zero attached hydrogens (tertiary/aromatic N) is 1. The summed E-state index contributed by atoms with van der Waals surface area (Å²) in [6.07, 6.45) is 5.72. The Hall–Kier alpha value is -3.74. The lowest BCUT2D eigenvalue weighted by atomic mass is 9.76. The molecule has 0 unspecified atom stereocenters. The minimum absolute atomic E-state index is 0.0332. The summed E-state index contributed by atoms with van der Waals surface area (Å²) in [6, 6.07) is 13.5. The second kappa shape index (κ2) is 9.13. The van der Waals surface area contributed by atoms with Gasteiger partial charge in [0, 0.05) is 23.1 Å². The van der Waals surface area contributed by atoms with E-state index in [0.717, 1.165) is 46.7 Å². The van der Waals surface area contributed by atoms with E-state index in [4.69, 9.17) is 4.74 Å². The quantitative estimate of drug-likeness (QED) is 0.484. The Bertz CT molecular complexity index is 1330. The molecule has 2 aromatic carbocycles. The van der Waals surface area contributed by atoms with Crippen LogP contribution in [0, 0.1) is 12.8 Å². The molecule has 0 bridgehead atoms. The van der Waals surface area contributed by atoms with Gasteiger partial charge in [0.15, 0.2) is 0 Å². The van der Waals surface area contributed by atoms with Crippen LogP contribution < -0.4 is 10.6 Å². The molecule has 2 aliphatic rings. The molecule has 7 nitrogen and oxygen atoms in total. The fourth-order valence-corrected chi connectivity index (χ4v) is 4.49. The Morgan fingerprint density at radius 3 is 2.54 bits per heavy atom. The van der Waals surface area contributed by atoms with Crippen LogP contribution in [0.3, 0.4) is 0 Å². The molecule has 0 aliphatic heterocycles. The molecule has 5 rings (SSSR count). The van der Waals surface area contributed by atoms with E-state index >= 15 is 0 Å². The fraction of sp³-hybridized carbons (Fsp3) is 0.357. The maximum absolute atomic E-state index is 13.1. The van der Waals surface area contributed by atoms with E-state index < -0.39 is 5.54 Å². The first kappa shape index (κ1) is 23.0. The van der Waals surface area contributed by atoms with Crippen molar-refractivity contribution in [3.05, 3.63) is 59.8 Å². The van der Waals surface area contributed by atoms with Crippen molar-refractivity contribution in [2.45, 2.75) is 51.5 Å². The number of hydrogen-bond donors (Lipinski definition) is 2. The summed E-state index contributed by atoms with van der Waals surface area (Å²) in [4.78, 5) is 42.0. The number of fused-ring (bicyclic) bond motifs is 1. The van der Waals surface area contributed by atoms with E-state index in [9.17, 15) is 14.4 Å². The zero-order chi connectivity index (χ0) is 24.6. The lowest BCUT2D eigenvalue weighted by Gasteiger charge is -2.39. The molecule has 3 aromatic rings. The van der Waals surface area contributed by atoms with Gasteiger partial charge in [-0.2, -0.15) is 0 Å². The summed E-state index contributed by atoms with van der Waals surface area (Å²) in [5.74, 6) is 0.0762. The Kier molecular flexibility index (Phi) is 6.01. The SMILES string of the molecule is CCOC(=O)C1(NC(=O)c2ccc(C)c(-c3ccc4cc(NC(=O)C5CC5)ncc4c3)c2)CCC1. The van der Waals surface area contributed by atoms with E-state index in [2.05, 4.69) is 15.6 Å². The molecule has 0 radical (unpaired) electrons. The van der Waals surface area contributed by atoms with Gasteiger partial charge in [-0.3, -0.25) is 9.59 Å². The molecular formula is C28H29N3O4. The number of hydrogen-bond acceptors (Lipinski definition) is 5. The van der Waals surface area contributed by atoms with Gasteiger partial charge >= 0.3 is 5.97 Å². The van der Waals surface area contributed by atoms with Crippen LogP contribution in [0.5, 0.6) is 0 Å². The minimum Gasteiger partial charge on any atom is -0.464 e. The number of amides is 2. The number of aromatic nitrogens is 1. The lowest BCUT2D eigenvalue weighted by molar-refractivity contribution is -0.154. The number of aryl methyl sites for hydroxylation is 1. The van der Waals surface area contributed by atoms with E-state index in [0.29, 0.717) is 24.2 Å². The van der Waals surface area contributed by atoms with Gasteiger partial charge in [0.2, 0.25) is 5.91 Å². The molecule has 1 heterocycles. The molecule has 0 atom stereocenters. The molecular weight excluding hydrogens is 442 g/mol. The molecule has 2 fully saturated rings. The van der Waals surface area contributed by atoms with Gasteiger partial charge in [-0.1, -0.05) is 18.2 Å². The van der Waals surface area contributed by atoms with Crippen LogP contribution in [0.2, 0.25) is 0 Å². The number of pyridine rings is 1. The normalized spacial score (nSPS) is 16.3. The Morgan fingerprint density at radius 2 is 1.86 bits per heavy atom. The molecule has 0 saturated heterocycles. The third kappa shape index (κ3) is 4.63. The molecule has 2 amide bonds. The minimum atomic E-state index is -0.917. The first-order chi connectivity index (χ1) is 16.9. The predicted octanol–water partition coefficient (Wildman–Crippen LogP) is 4.77. The highest BCUT2D eigenvalue weighted by atomic mass is 16.5. The number of anilines is 1.